The Morgan fingerprint density at radius 1 is 1.38 bits per heavy atom. The van der Waals surface area contributed by atoms with Gasteiger partial charge in [0, 0.05) is 41.3 Å². The van der Waals surface area contributed by atoms with Gasteiger partial charge in [-0.3, -0.25) is 0 Å². The summed E-state index contributed by atoms with van der Waals surface area (Å²) in [6.45, 7) is 8.35. The van der Waals surface area contributed by atoms with Crippen LogP contribution in [0.3, 0.4) is 0 Å². The molecular weight excluding hydrogens is 306 g/mol. The van der Waals surface area contributed by atoms with Crippen molar-refractivity contribution in [2.75, 3.05) is 0 Å². The van der Waals surface area contributed by atoms with E-state index in [1.165, 1.54) is 5.57 Å². The Hall–Kier alpha value is -0.730. The predicted octanol–water partition coefficient (Wildman–Crippen LogP) is 2.82. The smallest absolute Gasteiger partial charge is 0.211 e. The maximum atomic E-state index is 9.71. The summed E-state index contributed by atoms with van der Waals surface area (Å²) in [5.74, 6) is 1.01. The summed E-state index contributed by atoms with van der Waals surface area (Å²) in [5.41, 5.74) is 3.52. The fourth-order valence-corrected chi connectivity index (χ4v) is 3.25. The highest BCUT2D eigenvalue weighted by Crippen LogP contribution is 2.32. The van der Waals surface area contributed by atoms with E-state index in [0.717, 1.165) is 16.6 Å². The SMILES string of the molecule is CC1=NC(OC2=CNPC(C(O)OP)=C2)C(C)=C(C)C1C. The zero-order chi connectivity index (χ0) is 15.6. The number of nitrogens with one attached hydrogen (secondary N) is 1. The second kappa shape index (κ2) is 7.02. The fourth-order valence-electron chi connectivity index (χ4n) is 2.18. The van der Waals surface area contributed by atoms with Gasteiger partial charge in [-0.25, -0.2) is 4.99 Å². The van der Waals surface area contributed by atoms with E-state index >= 15 is 0 Å². The van der Waals surface area contributed by atoms with E-state index in [2.05, 4.69) is 40.3 Å². The molecule has 116 valence electrons. The summed E-state index contributed by atoms with van der Waals surface area (Å²) in [6.07, 6.45) is 2.35. The third-order valence-corrected chi connectivity index (χ3v) is 5.19. The Labute approximate surface area is 129 Å². The van der Waals surface area contributed by atoms with E-state index < -0.39 is 6.29 Å². The number of aliphatic hydroxyl groups excluding tert-OH is 1. The average Bonchev–Trinajstić information content (AvgIpc) is 2.50. The molecule has 0 aromatic heterocycles. The molecule has 0 aromatic rings. The van der Waals surface area contributed by atoms with Crippen LogP contribution < -0.4 is 5.09 Å². The maximum absolute atomic E-state index is 9.71. The second-order valence-corrected chi connectivity index (χ2v) is 6.62. The van der Waals surface area contributed by atoms with Gasteiger partial charge in [0.15, 0.2) is 6.29 Å². The summed E-state index contributed by atoms with van der Waals surface area (Å²) in [7, 11) is 2.34. The van der Waals surface area contributed by atoms with Gasteiger partial charge in [0.1, 0.15) is 5.76 Å². The largest absolute Gasteiger partial charge is 0.463 e. The van der Waals surface area contributed by atoms with Crippen LogP contribution in [0.5, 0.6) is 0 Å². The molecule has 2 aliphatic rings. The number of hydrogen-bond donors (Lipinski definition) is 2. The number of allylic oxidation sites excluding steroid dienone is 2. The number of aliphatic hydroxyl groups is 1. The molecule has 2 N–H and O–H groups in total. The molecule has 5 nitrogen and oxygen atoms in total. The molecule has 0 aliphatic carbocycles. The standard InChI is InChI=1S/C14H22N2O3P2/c1-7-8(2)10(4)16-13(9(7)3)18-11-5-12(14(17)19-20)21-15-6-11/h5-6,8,13-15,17,21H,20H2,1-4H3. The van der Waals surface area contributed by atoms with E-state index in [-0.39, 0.29) is 15.0 Å². The normalized spacial score (nSPS) is 28.6. The molecule has 0 fully saturated rings. The average molecular weight is 328 g/mol. The van der Waals surface area contributed by atoms with Crippen molar-refractivity contribution < 1.29 is 14.4 Å². The van der Waals surface area contributed by atoms with Crippen LogP contribution in [0.15, 0.2) is 39.5 Å². The Morgan fingerprint density at radius 2 is 2.10 bits per heavy atom. The molecular formula is C14H22N2O3P2. The van der Waals surface area contributed by atoms with Gasteiger partial charge < -0.3 is 19.5 Å². The van der Waals surface area contributed by atoms with Crippen molar-refractivity contribution in [3.63, 3.8) is 0 Å². The van der Waals surface area contributed by atoms with E-state index in [0.29, 0.717) is 11.7 Å². The topological polar surface area (TPSA) is 63.1 Å². The minimum atomic E-state index is -0.942. The van der Waals surface area contributed by atoms with Crippen LogP contribution in [0.25, 0.3) is 0 Å². The molecule has 5 atom stereocenters. The zero-order valence-electron chi connectivity index (χ0n) is 12.7. The van der Waals surface area contributed by atoms with Crippen LogP contribution >= 0.6 is 18.2 Å². The minimum absolute atomic E-state index is 0.277. The first-order valence-corrected chi connectivity index (χ1v) is 8.26. The summed E-state index contributed by atoms with van der Waals surface area (Å²) in [6, 6.07) is 0. The third-order valence-electron chi connectivity index (χ3n) is 3.96. The van der Waals surface area contributed by atoms with E-state index in [9.17, 15) is 5.11 Å². The van der Waals surface area contributed by atoms with Gasteiger partial charge in [-0.15, -0.1) is 0 Å². The predicted molar refractivity (Wildman–Crippen MR) is 89.9 cm³/mol. The summed E-state index contributed by atoms with van der Waals surface area (Å²) in [4.78, 5) is 4.62. The van der Waals surface area contributed by atoms with Gasteiger partial charge >= 0.3 is 0 Å². The Balaban J connectivity index is 2.15. The quantitative estimate of drug-likeness (QED) is 0.473. The number of ether oxygens (including phenoxy) is 1. The van der Waals surface area contributed by atoms with Crippen LogP contribution in [0.2, 0.25) is 0 Å². The number of hydrogen-bond acceptors (Lipinski definition) is 5. The van der Waals surface area contributed by atoms with E-state index in [1.54, 1.807) is 12.3 Å². The first-order chi connectivity index (χ1) is 9.93. The highest BCUT2D eigenvalue weighted by molar-refractivity contribution is 7.41. The second-order valence-electron chi connectivity index (χ2n) is 5.23. The molecule has 2 aliphatic heterocycles. The third kappa shape index (κ3) is 3.73. The highest BCUT2D eigenvalue weighted by Gasteiger charge is 2.25. The van der Waals surface area contributed by atoms with E-state index in [1.807, 2.05) is 6.92 Å². The molecule has 2 rings (SSSR count). The van der Waals surface area contributed by atoms with Gasteiger partial charge in [0.25, 0.3) is 0 Å². The van der Waals surface area contributed by atoms with Crippen LogP contribution in [0.4, 0.5) is 0 Å². The van der Waals surface area contributed by atoms with Crippen LogP contribution in [0.1, 0.15) is 27.7 Å². The number of nitrogens with zero attached hydrogens (tertiary/aromatic N) is 1. The molecule has 2 heterocycles. The molecule has 0 radical (unpaired) electrons. The van der Waals surface area contributed by atoms with Crippen molar-refractivity contribution in [1.82, 2.24) is 5.09 Å². The van der Waals surface area contributed by atoms with Crippen LogP contribution in [-0.4, -0.2) is 23.3 Å². The first kappa shape index (κ1) is 16.6. The van der Waals surface area contributed by atoms with Crippen molar-refractivity contribution in [3.8, 4) is 0 Å². The summed E-state index contributed by atoms with van der Waals surface area (Å²) in [5, 5.41) is 13.5. The van der Waals surface area contributed by atoms with Crippen molar-refractivity contribution >= 4 is 23.9 Å². The van der Waals surface area contributed by atoms with Gasteiger partial charge in [-0.1, -0.05) is 12.5 Å². The molecule has 0 saturated carbocycles. The fraction of sp³-hybridized carbons (Fsp3) is 0.500. The summed E-state index contributed by atoms with van der Waals surface area (Å²) < 4.78 is 10.8. The molecule has 0 aromatic carbocycles. The van der Waals surface area contributed by atoms with Crippen molar-refractivity contribution in [2.45, 2.75) is 40.2 Å². The van der Waals surface area contributed by atoms with Gasteiger partial charge in [-0.2, -0.15) is 0 Å². The monoisotopic (exact) mass is 328 g/mol. The Kier molecular flexibility index (Phi) is 5.56. The molecule has 0 amide bonds. The van der Waals surface area contributed by atoms with Gasteiger partial charge in [-0.05, 0) is 32.4 Å². The highest BCUT2D eigenvalue weighted by atomic mass is 31.1. The lowest BCUT2D eigenvalue weighted by atomic mass is 9.91. The lowest BCUT2D eigenvalue weighted by Crippen LogP contribution is -2.25. The lowest BCUT2D eigenvalue weighted by Gasteiger charge is -2.28. The first-order valence-electron chi connectivity index (χ1n) is 6.79. The Morgan fingerprint density at radius 3 is 2.76 bits per heavy atom. The molecule has 0 saturated heterocycles. The Bertz CT molecular complexity index is 540. The number of dihydropyridines is 1. The number of aliphatic imine (C=N–C) groups is 1. The van der Waals surface area contributed by atoms with Gasteiger partial charge in [0.2, 0.25) is 6.23 Å². The molecule has 7 heteroatoms. The maximum Gasteiger partial charge on any atom is 0.211 e. The van der Waals surface area contributed by atoms with E-state index in [4.69, 9.17) is 9.26 Å². The van der Waals surface area contributed by atoms with Crippen LogP contribution in [-0.2, 0) is 9.26 Å². The summed E-state index contributed by atoms with van der Waals surface area (Å²) >= 11 is 0. The zero-order valence-corrected chi connectivity index (χ0v) is 14.8. The lowest BCUT2D eigenvalue weighted by molar-refractivity contribution is 0.0369. The van der Waals surface area contributed by atoms with Crippen molar-refractivity contribution in [2.24, 2.45) is 10.9 Å². The minimum Gasteiger partial charge on any atom is -0.463 e. The van der Waals surface area contributed by atoms with Crippen molar-refractivity contribution in [1.29, 1.82) is 0 Å². The number of rotatable bonds is 4. The molecule has 5 unspecified atom stereocenters. The molecule has 0 spiro atoms. The van der Waals surface area contributed by atoms with Crippen molar-refractivity contribution in [3.05, 3.63) is 34.5 Å². The molecule has 21 heavy (non-hydrogen) atoms. The van der Waals surface area contributed by atoms with Crippen LogP contribution in [0, 0.1) is 5.92 Å². The molecule has 0 bridgehead atoms. The van der Waals surface area contributed by atoms with Gasteiger partial charge in [0.05, 0.1) is 0 Å².